The van der Waals surface area contributed by atoms with Gasteiger partial charge in [0.1, 0.15) is 0 Å². The standard InChI is InChI=1S/C15H30N2O2/c1-13(2)16-10-15(5-4-7-19-12-15)11-17-6-8-18-9-14(17)3/h13-14,16H,4-12H2,1-3H3. The lowest BCUT2D eigenvalue weighted by atomic mass is 9.81. The average Bonchev–Trinajstić information content (AvgIpc) is 2.41. The Morgan fingerprint density at radius 3 is 2.79 bits per heavy atom. The minimum atomic E-state index is 0.286. The zero-order chi connectivity index (χ0) is 13.7. The minimum Gasteiger partial charge on any atom is -0.381 e. The summed E-state index contributed by atoms with van der Waals surface area (Å²) in [5.74, 6) is 0. The second kappa shape index (κ2) is 7.02. The topological polar surface area (TPSA) is 33.7 Å². The van der Waals surface area contributed by atoms with Crippen LogP contribution in [-0.4, -0.2) is 63.0 Å². The summed E-state index contributed by atoms with van der Waals surface area (Å²) >= 11 is 0. The van der Waals surface area contributed by atoms with E-state index in [2.05, 4.69) is 31.0 Å². The van der Waals surface area contributed by atoms with Crippen LogP contribution in [0.4, 0.5) is 0 Å². The van der Waals surface area contributed by atoms with E-state index in [0.29, 0.717) is 12.1 Å². The van der Waals surface area contributed by atoms with Crippen molar-refractivity contribution in [2.45, 2.75) is 45.7 Å². The van der Waals surface area contributed by atoms with Crippen molar-refractivity contribution in [3.05, 3.63) is 0 Å². The number of morpholine rings is 1. The van der Waals surface area contributed by atoms with Gasteiger partial charge in [0.05, 0.1) is 19.8 Å². The van der Waals surface area contributed by atoms with E-state index in [9.17, 15) is 0 Å². The number of hydrogen-bond acceptors (Lipinski definition) is 4. The highest BCUT2D eigenvalue weighted by atomic mass is 16.5. The Morgan fingerprint density at radius 2 is 2.16 bits per heavy atom. The molecule has 2 aliphatic rings. The van der Waals surface area contributed by atoms with Gasteiger partial charge in [0.15, 0.2) is 0 Å². The van der Waals surface area contributed by atoms with Crippen LogP contribution in [0.3, 0.4) is 0 Å². The Morgan fingerprint density at radius 1 is 1.32 bits per heavy atom. The highest BCUT2D eigenvalue weighted by Gasteiger charge is 2.36. The fraction of sp³-hybridized carbons (Fsp3) is 1.00. The molecule has 2 aliphatic heterocycles. The minimum absolute atomic E-state index is 0.286. The normalized spacial score (nSPS) is 33.8. The summed E-state index contributed by atoms with van der Waals surface area (Å²) in [6.07, 6.45) is 2.47. The molecule has 0 spiro atoms. The number of nitrogens with zero attached hydrogens (tertiary/aromatic N) is 1. The van der Waals surface area contributed by atoms with E-state index >= 15 is 0 Å². The predicted octanol–water partition coefficient (Wildman–Crippen LogP) is 1.50. The molecule has 0 aromatic rings. The Labute approximate surface area is 117 Å². The summed E-state index contributed by atoms with van der Waals surface area (Å²) in [6.45, 7) is 13.5. The molecule has 19 heavy (non-hydrogen) atoms. The third kappa shape index (κ3) is 4.42. The zero-order valence-corrected chi connectivity index (χ0v) is 12.8. The largest absolute Gasteiger partial charge is 0.381 e. The smallest absolute Gasteiger partial charge is 0.0619 e. The van der Waals surface area contributed by atoms with Crippen molar-refractivity contribution in [2.24, 2.45) is 5.41 Å². The lowest BCUT2D eigenvalue weighted by molar-refractivity contribution is -0.0626. The van der Waals surface area contributed by atoms with Crippen LogP contribution in [0.5, 0.6) is 0 Å². The fourth-order valence-electron chi connectivity index (χ4n) is 3.08. The number of nitrogens with one attached hydrogen (secondary N) is 1. The van der Waals surface area contributed by atoms with E-state index in [0.717, 1.165) is 46.1 Å². The second-order valence-corrected chi connectivity index (χ2v) is 6.59. The second-order valence-electron chi connectivity index (χ2n) is 6.59. The summed E-state index contributed by atoms with van der Waals surface area (Å²) in [5.41, 5.74) is 0.286. The van der Waals surface area contributed by atoms with Gasteiger partial charge in [0.25, 0.3) is 0 Å². The molecular weight excluding hydrogens is 240 g/mol. The molecule has 0 saturated carbocycles. The predicted molar refractivity (Wildman–Crippen MR) is 77.5 cm³/mol. The van der Waals surface area contributed by atoms with Crippen molar-refractivity contribution in [3.8, 4) is 0 Å². The average molecular weight is 270 g/mol. The first-order valence-electron chi connectivity index (χ1n) is 7.74. The van der Waals surface area contributed by atoms with E-state index in [1.165, 1.54) is 12.8 Å². The molecule has 0 aliphatic carbocycles. The maximum atomic E-state index is 5.80. The monoisotopic (exact) mass is 270 g/mol. The maximum Gasteiger partial charge on any atom is 0.0619 e. The Balaban J connectivity index is 1.95. The van der Waals surface area contributed by atoms with Gasteiger partial charge < -0.3 is 14.8 Å². The molecule has 2 heterocycles. The van der Waals surface area contributed by atoms with Crippen LogP contribution in [-0.2, 0) is 9.47 Å². The van der Waals surface area contributed by atoms with Crippen molar-refractivity contribution in [1.29, 1.82) is 0 Å². The van der Waals surface area contributed by atoms with Gasteiger partial charge in [-0.25, -0.2) is 0 Å². The molecule has 2 fully saturated rings. The summed E-state index contributed by atoms with van der Waals surface area (Å²) < 4.78 is 11.3. The van der Waals surface area contributed by atoms with Gasteiger partial charge in [-0.2, -0.15) is 0 Å². The molecule has 0 bridgehead atoms. The van der Waals surface area contributed by atoms with Crippen LogP contribution in [0.15, 0.2) is 0 Å². The lowest BCUT2D eigenvalue weighted by Crippen LogP contribution is -2.54. The summed E-state index contributed by atoms with van der Waals surface area (Å²) in [6, 6.07) is 1.08. The molecule has 2 saturated heterocycles. The maximum absolute atomic E-state index is 5.80. The van der Waals surface area contributed by atoms with E-state index in [4.69, 9.17) is 9.47 Å². The molecule has 112 valence electrons. The van der Waals surface area contributed by atoms with Gasteiger partial charge >= 0.3 is 0 Å². The van der Waals surface area contributed by atoms with Gasteiger partial charge in [0.2, 0.25) is 0 Å². The lowest BCUT2D eigenvalue weighted by Gasteiger charge is -2.44. The molecule has 0 radical (unpaired) electrons. The van der Waals surface area contributed by atoms with Crippen molar-refractivity contribution in [3.63, 3.8) is 0 Å². The van der Waals surface area contributed by atoms with Crippen LogP contribution >= 0.6 is 0 Å². The van der Waals surface area contributed by atoms with Gasteiger partial charge in [0, 0.05) is 43.7 Å². The van der Waals surface area contributed by atoms with Crippen LogP contribution in [0, 0.1) is 5.41 Å². The Kier molecular flexibility index (Phi) is 5.63. The van der Waals surface area contributed by atoms with Crippen LogP contribution in [0.2, 0.25) is 0 Å². The van der Waals surface area contributed by atoms with E-state index in [1.54, 1.807) is 0 Å². The molecule has 0 aromatic carbocycles. The number of ether oxygens (including phenoxy) is 2. The van der Waals surface area contributed by atoms with Crippen molar-refractivity contribution in [2.75, 3.05) is 46.1 Å². The van der Waals surface area contributed by atoms with Crippen molar-refractivity contribution < 1.29 is 9.47 Å². The molecule has 1 N–H and O–H groups in total. The molecule has 2 unspecified atom stereocenters. The van der Waals surface area contributed by atoms with Gasteiger partial charge in [-0.3, -0.25) is 4.90 Å². The quantitative estimate of drug-likeness (QED) is 0.821. The SMILES string of the molecule is CC(C)NCC1(CN2CCOCC2C)CCCOC1. The fourth-order valence-corrected chi connectivity index (χ4v) is 3.08. The summed E-state index contributed by atoms with van der Waals surface area (Å²) in [5, 5.41) is 3.62. The van der Waals surface area contributed by atoms with Gasteiger partial charge in [-0.15, -0.1) is 0 Å². The highest BCUT2D eigenvalue weighted by Crippen LogP contribution is 2.30. The van der Waals surface area contributed by atoms with E-state index < -0.39 is 0 Å². The van der Waals surface area contributed by atoms with Crippen molar-refractivity contribution >= 4 is 0 Å². The highest BCUT2D eigenvalue weighted by molar-refractivity contribution is 4.89. The Hall–Kier alpha value is -0.160. The van der Waals surface area contributed by atoms with E-state index in [-0.39, 0.29) is 5.41 Å². The number of rotatable bonds is 5. The van der Waals surface area contributed by atoms with Crippen LogP contribution in [0.25, 0.3) is 0 Å². The van der Waals surface area contributed by atoms with Crippen LogP contribution in [0.1, 0.15) is 33.6 Å². The molecule has 0 amide bonds. The third-order valence-corrected chi connectivity index (χ3v) is 4.33. The van der Waals surface area contributed by atoms with Crippen molar-refractivity contribution in [1.82, 2.24) is 10.2 Å². The molecular formula is C15H30N2O2. The molecule has 0 aromatic heterocycles. The summed E-state index contributed by atoms with van der Waals surface area (Å²) in [7, 11) is 0. The molecule has 2 atom stereocenters. The zero-order valence-electron chi connectivity index (χ0n) is 12.8. The van der Waals surface area contributed by atoms with E-state index in [1.807, 2.05) is 0 Å². The first kappa shape index (κ1) is 15.2. The number of hydrogen-bond donors (Lipinski definition) is 1. The summed E-state index contributed by atoms with van der Waals surface area (Å²) in [4.78, 5) is 2.58. The molecule has 4 nitrogen and oxygen atoms in total. The van der Waals surface area contributed by atoms with Gasteiger partial charge in [-0.1, -0.05) is 13.8 Å². The first-order valence-corrected chi connectivity index (χ1v) is 7.74. The Bertz CT molecular complexity index is 265. The van der Waals surface area contributed by atoms with Gasteiger partial charge in [-0.05, 0) is 19.8 Å². The first-order chi connectivity index (χ1) is 9.11. The molecule has 2 rings (SSSR count). The third-order valence-electron chi connectivity index (χ3n) is 4.33. The van der Waals surface area contributed by atoms with Crippen LogP contribution < -0.4 is 5.32 Å². The molecule has 4 heteroatoms.